The largest absolute Gasteiger partial charge is 0.135 e. The molecule has 0 aliphatic carbocycles. The smallest absolute Gasteiger partial charge is 0.0361 e. The summed E-state index contributed by atoms with van der Waals surface area (Å²) in [6.07, 6.45) is 15.0. The van der Waals surface area contributed by atoms with Gasteiger partial charge >= 0.3 is 0 Å². The van der Waals surface area contributed by atoms with Gasteiger partial charge < -0.3 is 0 Å². The van der Waals surface area contributed by atoms with Crippen molar-refractivity contribution in [3.63, 3.8) is 0 Å². The Morgan fingerprint density at radius 2 is 1.17 bits per heavy atom. The first-order valence-corrected chi connectivity index (χ1v) is 16.5. The molecule has 0 nitrogen and oxygen atoms in total. The third kappa shape index (κ3) is 6.50. The summed E-state index contributed by atoms with van der Waals surface area (Å²) in [7, 11) is 0. The highest BCUT2D eigenvalue weighted by Gasteiger charge is 2.10. The van der Waals surface area contributed by atoms with Crippen LogP contribution in [0.15, 0.2) is 91.0 Å². The van der Waals surface area contributed by atoms with Crippen LogP contribution in [0.25, 0.3) is 41.7 Å². The predicted molar refractivity (Wildman–Crippen MR) is 182 cm³/mol. The van der Waals surface area contributed by atoms with Crippen molar-refractivity contribution in [2.45, 2.75) is 77.6 Å². The maximum atomic E-state index is 3.41. The molecule has 1 aromatic heterocycles. The number of aryl methyl sites for hydroxylation is 1. The van der Waals surface area contributed by atoms with Gasteiger partial charge in [0.05, 0.1) is 0 Å². The molecule has 6 aromatic rings. The lowest BCUT2D eigenvalue weighted by molar-refractivity contribution is 0.556. The zero-order valence-electron chi connectivity index (χ0n) is 24.3. The zero-order valence-corrected chi connectivity index (χ0v) is 25.2. The van der Waals surface area contributed by atoms with Gasteiger partial charge in [-0.15, -0.1) is 11.3 Å². The van der Waals surface area contributed by atoms with Crippen LogP contribution in [0.3, 0.4) is 0 Å². The van der Waals surface area contributed by atoms with E-state index in [1.165, 1.54) is 118 Å². The van der Waals surface area contributed by atoms with Crippen molar-refractivity contribution in [2.75, 3.05) is 0 Å². The van der Waals surface area contributed by atoms with Gasteiger partial charge in [-0.05, 0) is 76.3 Å². The molecule has 5 aromatic carbocycles. The summed E-state index contributed by atoms with van der Waals surface area (Å²) < 4.78 is 2.71. The van der Waals surface area contributed by atoms with Crippen LogP contribution in [0.5, 0.6) is 0 Å². The molecular formula is C40H40S. The molecule has 0 atom stereocenters. The fourth-order valence-electron chi connectivity index (χ4n) is 6.16. The Kier molecular flexibility index (Phi) is 8.99. The molecular weight excluding hydrogens is 513 g/mol. The van der Waals surface area contributed by atoms with E-state index in [1.807, 2.05) is 11.3 Å². The van der Waals surface area contributed by atoms with Crippen molar-refractivity contribution in [3.8, 4) is 11.8 Å². The second-order valence-corrected chi connectivity index (χ2v) is 12.6. The molecule has 0 saturated heterocycles. The van der Waals surface area contributed by atoms with Crippen LogP contribution in [0, 0.1) is 11.8 Å². The van der Waals surface area contributed by atoms with Crippen molar-refractivity contribution < 1.29 is 0 Å². The zero-order chi connectivity index (χ0) is 27.9. The Morgan fingerprint density at radius 1 is 0.512 bits per heavy atom. The monoisotopic (exact) mass is 552 g/mol. The number of thiophene rings is 1. The third-order valence-corrected chi connectivity index (χ3v) is 9.62. The molecule has 1 heteroatoms. The normalized spacial score (nSPS) is 11.4. The quantitative estimate of drug-likeness (QED) is 0.0852. The van der Waals surface area contributed by atoms with E-state index in [4.69, 9.17) is 0 Å². The molecule has 6 rings (SSSR count). The van der Waals surface area contributed by atoms with Gasteiger partial charge in [0.2, 0.25) is 0 Å². The van der Waals surface area contributed by atoms with E-state index in [9.17, 15) is 0 Å². The van der Waals surface area contributed by atoms with Crippen molar-refractivity contribution in [3.05, 3.63) is 108 Å². The van der Waals surface area contributed by atoms with Crippen LogP contribution < -0.4 is 0 Å². The van der Waals surface area contributed by atoms with E-state index in [0.29, 0.717) is 0 Å². The summed E-state index contributed by atoms with van der Waals surface area (Å²) in [5.74, 6) is 6.80. The Balaban J connectivity index is 1.08. The summed E-state index contributed by atoms with van der Waals surface area (Å²) in [5, 5.41) is 7.93. The summed E-state index contributed by atoms with van der Waals surface area (Å²) in [4.78, 5) is 0. The lowest BCUT2D eigenvalue weighted by Gasteiger charge is -2.06. The van der Waals surface area contributed by atoms with E-state index >= 15 is 0 Å². The molecule has 0 bridgehead atoms. The minimum atomic E-state index is 1.06. The first-order valence-electron chi connectivity index (χ1n) is 15.7. The predicted octanol–water partition coefficient (Wildman–Crippen LogP) is 12.2. The first-order chi connectivity index (χ1) is 20.3. The molecule has 0 amide bonds. The lowest BCUT2D eigenvalue weighted by atomic mass is 9.97. The molecule has 0 spiro atoms. The van der Waals surface area contributed by atoms with Crippen LogP contribution in [0.2, 0.25) is 0 Å². The number of unbranched alkanes of at least 4 members (excludes halogenated alkanes) is 9. The summed E-state index contributed by atoms with van der Waals surface area (Å²) in [5.41, 5.74) is 3.58. The van der Waals surface area contributed by atoms with Crippen LogP contribution in [-0.2, 0) is 6.42 Å². The lowest BCUT2D eigenvalue weighted by Crippen LogP contribution is -1.87. The van der Waals surface area contributed by atoms with Crippen molar-refractivity contribution in [2.24, 2.45) is 0 Å². The Morgan fingerprint density at radius 3 is 1.98 bits per heavy atom. The van der Waals surface area contributed by atoms with E-state index in [2.05, 4.69) is 110 Å². The first kappa shape index (κ1) is 27.6. The Hall–Kier alpha value is -3.60. The number of benzene rings is 5. The van der Waals surface area contributed by atoms with Crippen molar-refractivity contribution in [1.29, 1.82) is 0 Å². The molecule has 0 fully saturated rings. The average Bonchev–Trinajstić information content (AvgIpc) is 3.40. The van der Waals surface area contributed by atoms with Gasteiger partial charge in [-0.3, -0.25) is 0 Å². The van der Waals surface area contributed by atoms with Crippen LogP contribution in [0.4, 0.5) is 0 Å². The molecule has 1 heterocycles. The number of hydrogen-bond donors (Lipinski definition) is 0. The second kappa shape index (κ2) is 13.4. The van der Waals surface area contributed by atoms with Crippen LogP contribution in [-0.4, -0.2) is 0 Å². The number of hydrogen-bond acceptors (Lipinski definition) is 1. The fourth-order valence-corrected chi connectivity index (χ4v) is 7.29. The molecule has 0 saturated carbocycles. The number of rotatable bonds is 11. The summed E-state index contributed by atoms with van der Waals surface area (Å²) >= 11 is 1.88. The van der Waals surface area contributed by atoms with Gasteiger partial charge in [-0.25, -0.2) is 0 Å². The summed E-state index contributed by atoms with van der Waals surface area (Å²) in [6, 6.07) is 33.4. The molecule has 0 radical (unpaired) electrons. The highest BCUT2D eigenvalue weighted by atomic mass is 32.1. The molecule has 41 heavy (non-hydrogen) atoms. The van der Waals surface area contributed by atoms with Gasteiger partial charge in [-0.2, -0.15) is 0 Å². The van der Waals surface area contributed by atoms with Crippen molar-refractivity contribution in [1.82, 2.24) is 0 Å². The minimum absolute atomic E-state index is 1.06. The second-order valence-electron chi connectivity index (χ2n) is 11.5. The standard InChI is InChI=1S/C40H40S/c1-2-3-4-5-6-7-8-9-10-11-14-30-17-19-31(20-18-30)21-22-32-23-25-34-33(29-32)24-26-36-35(34)27-28-39-40(36)37-15-12-13-16-38(37)41-39/h12-13,15-20,23-29H,2-11,14H2,1H3. The minimum Gasteiger partial charge on any atom is -0.135 e. The molecule has 0 N–H and O–H groups in total. The van der Waals surface area contributed by atoms with Gasteiger partial charge in [-0.1, -0.05) is 131 Å². The van der Waals surface area contributed by atoms with Gasteiger partial charge in [0, 0.05) is 31.3 Å². The van der Waals surface area contributed by atoms with Crippen molar-refractivity contribution >= 4 is 53.1 Å². The fraction of sp³-hybridized carbons (Fsp3) is 0.300. The van der Waals surface area contributed by atoms with E-state index in [1.54, 1.807) is 0 Å². The van der Waals surface area contributed by atoms with Crippen LogP contribution in [0.1, 0.15) is 87.8 Å². The van der Waals surface area contributed by atoms with Gasteiger partial charge in [0.25, 0.3) is 0 Å². The molecule has 0 unspecified atom stereocenters. The van der Waals surface area contributed by atoms with E-state index in [-0.39, 0.29) is 0 Å². The molecule has 0 aliphatic heterocycles. The maximum Gasteiger partial charge on any atom is 0.0361 e. The van der Waals surface area contributed by atoms with Crippen LogP contribution >= 0.6 is 11.3 Å². The SMILES string of the molecule is CCCCCCCCCCCCc1ccc(C#Cc2ccc3c(ccc4c3ccc3sc5ccccc5c34)c2)cc1. The van der Waals surface area contributed by atoms with E-state index < -0.39 is 0 Å². The Labute approximate surface area is 249 Å². The maximum absolute atomic E-state index is 3.41. The third-order valence-electron chi connectivity index (χ3n) is 8.48. The van der Waals surface area contributed by atoms with Gasteiger partial charge in [0.1, 0.15) is 0 Å². The van der Waals surface area contributed by atoms with E-state index in [0.717, 1.165) is 11.1 Å². The molecule has 0 aliphatic rings. The number of fused-ring (bicyclic) bond motifs is 7. The topological polar surface area (TPSA) is 0 Å². The summed E-state index contributed by atoms with van der Waals surface area (Å²) in [6.45, 7) is 2.29. The average molecular weight is 553 g/mol. The Bertz CT molecular complexity index is 1820. The molecule has 206 valence electrons. The highest BCUT2D eigenvalue weighted by Crippen LogP contribution is 2.40. The highest BCUT2D eigenvalue weighted by molar-refractivity contribution is 7.26. The van der Waals surface area contributed by atoms with Gasteiger partial charge in [0.15, 0.2) is 0 Å².